The van der Waals surface area contributed by atoms with Gasteiger partial charge in [-0.25, -0.2) is 0 Å². The molecule has 1 heterocycles. The molecule has 0 aliphatic rings. The number of allylic oxidation sites excluding steroid dienone is 1. The minimum Gasteiger partial charge on any atom is -0.383 e. The molecule has 0 fully saturated rings. The zero-order valence-corrected chi connectivity index (χ0v) is 8.89. The molecule has 70 valence electrons. The summed E-state index contributed by atoms with van der Waals surface area (Å²) in [6.45, 7) is 1.83. The van der Waals surface area contributed by atoms with E-state index in [2.05, 4.69) is 0 Å². The van der Waals surface area contributed by atoms with Crippen LogP contribution in [0.1, 0.15) is 17.3 Å². The molecule has 0 spiro atoms. The number of hydrogen-bond donors (Lipinski definition) is 0. The van der Waals surface area contributed by atoms with Crippen molar-refractivity contribution in [1.29, 1.82) is 0 Å². The minimum atomic E-state index is 0.106. The fourth-order valence-electron chi connectivity index (χ4n) is 1.07. The molecular weight excluding hydrogens is 182 g/mol. The Morgan fingerprint density at radius 3 is 2.69 bits per heavy atom. The Balaban J connectivity index is 2.80. The van der Waals surface area contributed by atoms with Crippen molar-refractivity contribution in [3.8, 4) is 0 Å². The van der Waals surface area contributed by atoms with Gasteiger partial charge in [0, 0.05) is 36.8 Å². The molecule has 0 radical (unpaired) electrons. The highest BCUT2D eigenvalue weighted by atomic mass is 32.1. The molecule has 0 saturated heterocycles. The summed E-state index contributed by atoms with van der Waals surface area (Å²) >= 11 is 1.54. The topological polar surface area (TPSA) is 20.3 Å². The number of carbonyl (C=O) groups excluding carboxylic acids is 1. The average Bonchev–Trinajstić information content (AvgIpc) is 2.53. The number of carbonyl (C=O) groups is 1. The SMILES string of the molecule is C/C(=C\N(C)C)C(=O)c1ccsc1. The summed E-state index contributed by atoms with van der Waals surface area (Å²) in [4.78, 5) is 13.5. The van der Waals surface area contributed by atoms with Crippen molar-refractivity contribution in [3.05, 3.63) is 34.2 Å². The Morgan fingerprint density at radius 1 is 1.54 bits per heavy atom. The number of ketones is 1. The van der Waals surface area contributed by atoms with Crippen molar-refractivity contribution < 1.29 is 4.79 Å². The van der Waals surface area contributed by atoms with Crippen molar-refractivity contribution >= 4 is 17.1 Å². The van der Waals surface area contributed by atoms with Gasteiger partial charge in [-0.05, 0) is 18.4 Å². The lowest BCUT2D eigenvalue weighted by Gasteiger charge is -2.06. The molecular formula is C10H13NOS. The number of hydrogen-bond acceptors (Lipinski definition) is 3. The van der Waals surface area contributed by atoms with Crippen LogP contribution in [0.2, 0.25) is 0 Å². The smallest absolute Gasteiger partial charge is 0.191 e. The lowest BCUT2D eigenvalue weighted by molar-refractivity contribution is 0.103. The molecule has 1 rings (SSSR count). The predicted octanol–water partition coefficient (Wildman–Crippen LogP) is 2.40. The summed E-state index contributed by atoms with van der Waals surface area (Å²) in [6, 6.07) is 1.85. The summed E-state index contributed by atoms with van der Waals surface area (Å²) in [6.07, 6.45) is 1.83. The quantitative estimate of drug-likeness (QED) is 0.545. The summed E-state index contributed by atoms with van der Waals surface area (Å²) < 4.78 is 0. The van der Waals surface area contributed by atoms with Crippen LogP contribution in [0, 0.1) is 0 Å². The van der Waals surface area contributed by atoms with Crippen molar-refractivity contribution in [2.45, 2.75) is 6.92 Å². The molecule has 3 heteroatoms. The molecule has 1 aromatic heterocycles. The van der Waals surface area contributed by atoms with Gasteiger partial charge in [0.05, 0.1) is 0 Å². The van der Waals surface area contributed by atoms with E-state index in [1.165, 1.54) is 0 Å². The summed E-state index contributed by atoms with van der Waals surface area (Å²) in [5, 5.41) is 3.78. The van der Waals surface area contributed by atoms with Crippen molar-refractivity contribution in [1.82, 2.24) is 4.90 Å². The van der Waals surface area contributed by atoms with E-state index in [1.54, 1.807) is 11.3 Å². The van der Waals surface area contributed by atoms with Crippen LogP contribution in [0.4, 0.5) is 0 Å². The maximum atomic E-state index is 11.7. The van der Waals surface area contributed by atoms with E-state index < -0.39 is 0 Å². The van der Waals surface area contributed by atoms with Gasteiger partial charge >= 0.3 is 0 Å². The molecule has 0 aliphatic carbocycles. The molecule has 0 atom stereocenters. The molecule has 0 amide bonds. The van der Waals surface area contributed by atoms with Gasteiger partial charge in [-0.1, -0.05) is 0 Å². The normalized spacial score (nSPS) is 11.5. The second-order valence-electron chi connectivity index (χ2n) is 3.12. The van der Waals surface area contributed by atoms with Gasteiger partial charge in [-0.2, -0.15) is 11.3 Å². The van der Waals surface area contributed by atoms with Gasteiger partial charge in [0.15, 0.2) is 5.78 Å². The lowest BCUT2D eigenvalue weighted by Crippen LogP contribution is -2.07. The van der Waals surface area contributed by atoms with Gasteiger partial charge in [0.25, 0.3) is 0 Å². The Hall–Kier alpha value is -1.09. The molecule has 0 saturated carbocycles. The highest BCUT2D eigenvalue weighted by molar-refractivity contribution is 7.08. The maximum Gasteiger partial charge on any atom is 0.191 e. The highest BCUT2D eigenvalue weighted by Crippen LogP contribution is 2.11. The predicted molar refractivity (Wildman–Crippen MR) is 56.1 cm³/mol. The Kier molecular flexibility index (Phi) is 3.25. The lowest BCUT2D eigenvalue weighted by atomic mass is 10.1. The minimum absolute atomic E-state index is 0.106. The van der Waals surface area contributed by atoms with E-state index in [0.717, 1.165) is 11.1 Å². The highest BCUT2D eigenvalue weighted by Gasteiger charge is 2.07. The molecule has 0 N–H and O–H groups in total. The Bertz CT molecular complexity index is 312. The maximum absolute atomic E-state index is 11.7. The summed E-state index contributed by atoms with van der Waals surface area (Å²) in [5.74, 6) is 0.106. The van der Waals surface area contributed by atoms with Crippen LogP contribution in [0.5, 0.6) is 0 Å². The molecule has 2 nitrogen and oxygen atoms in total. The largest absolute Gasteiger partial charge is 0.383 e. The average molecular weight is 195 g/mol. The Labute approximate surface area is 82.5 Å². The van der Waals surface area contributed by atoms with E-state index >= 15 is 0 Å². The van der Waals surface area contributed by atoms with Crippen molar-refractivity contribution in [2.75, 3.05) is 14.1 Å². The molecule has 0 bridgehead atoms. The van der Waals surface area contributed by atoms with E-state index in [0.29, 0.717) is 0 Å². The first-order valence-corrected chi connectivity index (χ1v) is 4.97. The van der Waals surface area contributed by atoms with Crippen LogP contribution in [-0.2, 0) is 0 Å². The van der Waals surface area contributed by atoms with Crippen LogP contribution in [0.15, 0.2) is 28.6 Å². The molecule has 13 heavy (non-hydrogen) atoms. The van der Waals surface area contributed by atoms with E-state index in [1.807, 2.05) is 48.9 Å². The third-order valence-corrected chi connectivity index (χ3v) is 2.28. The molecule has 0 aliphatic heterocycles. The molecule has 0 aromatic carbocycles. The zero-order valence-electron chi connectivity index (χ0n) is 8.07. The monoisotopic (exact) mass is 195 g/mol. The standard InChI is InChI=1S/C10H13NOS/c1-8(6-11(2)3)10(12)9-4-5-13-7-9/h4-7H,1-3H3/b8-6+. The van der Waals surface area contributed by atoms with Crippen LogP contribution in [0.3, 0.4) is 0 Å². The van der Waals surface area contributed by atoms with E-state index in [9.17, 15) is 4.79 Å². The first-order valence-electron chi connectivity index (χ1n) is 4.03. The van der Waals surface area contributed by atoms with Crippen LogP contribution in [-0.4, -0.2) is 24.8 Å². The molecule has 0 unspecified atom stereocenters. The number of rotatable bonds is 3. The van der Waals surface area contributed by atoms with Crippen molar-refractivity contribution in [2.24, 2.45) is 0 Å². The van der Waals surface area contributed by atoms with Gasteiger partial charge in [0.2, 0.25) is 0 Å². The van der Waals surface area contributed by atoms with Gasteiger partial charge in [-0.15, -0.1) is 0 Å². The Morgan fingerprint density at radius 2 is 2.23 bits per heavy atom. The van der Waals surface area contributed by atoms with Gasteiger partial charge < -0.3 is 4.90 Å². The third kappa shape index (κ3) is 2.70. The first-order chi connectivity index (χ1) is 6.11. The zero-order chi connectivity index (χ0) is 9.84. The van der Waals surface area contributed by atoms with Crippen molar-refractivity contribution in [3.63, 3.8) is 0 Å². The van der Waals surface area contributed by atoms with Crippen LogP contribution < -0.4 is 0 Å². The van der Waals surface area contributed by atoms with Gasteiger partial charge in [0.1, 0.15) is 0 Å². The number of Topliss-reactive ketones (excluding diaryl/α,β-unsaturated/α-hetero) is 1. The second-order valence-corrected chi connectivity index (χ2v) is 3.90. The number of nitrogens with zero attached hydrogens (tertiary/aromatic N) is 1. The van der Waals surface area contributed by atoms with Crippen LogP contribution >= 0.6 is 11.3 Å². The first kappa shape index (κ1) is 9.99. The fourth-order valence-corrected chi connectivity index (χ4v) is 1.70. The summed E-state index contributed by atoms with van der Waals surface area (Å²) in [7, 11) is 3.81. The van der Waals surface area contributed by atoms with E-state index in [4.69, 9.17) is 0 Å². The third-order valence-electron chi connectivity index (χ3n) is 1.59. The number of thiophene rings is 1. The second kappa shape index (κ2) is 4.23. The van der Waals surface area contributed by atoms with Gasteiger partial charge in [-0.3, -0.25) is 4.79 Å². The van der Waals surface area contributed by atoms with E-state index in [-0.39, 0.29) is 5.78 Å². The van der Waals surface area contributed by atoms with Crippen LogP contribution in [0.25, 0.3) is 0 Å². The fraction of sp³-hybridized carbons (Fsp3) is 0.300. The summed E-state index contributed by atoms with van der Waals surface area (Å²) in [5.41, 5.74) is 1.55. The molecule has 1 aromatic rings.